The molecule has 5 heterocycles. The number of fused-ring (bicyclic) bond motifs is 4. The quantitative estimate of drug-likeness (QED) is 0.530. The van der Waals surface area contributed by atoms with Crippen LogP contribution in [0, 0.1) is 0 Å². The average Bonchev–Trinajstić information content (AvgIpc) is 3.43. The molecule has 0 radical (unpaired) electrons. The van der Waals surface area contributed by atoms with Gasteiger partial charge in [0.25, 0.3) is 5.19 Å². The summed E-state index contributed by atoms with van der Waals surface area (Å²) in [7, 11) is 0. The first-order valence-corrected chi connectivity index (χ1v) is 9.89. The second-order valence-electron chi connectivity index (χ2n) is 7.09. The average molecular weight is 379 g/mol. The van der Waals surface area contributed by atoms with E-state index in [0.29, 0.717) is 23.0 Å². The summed E-state index contributed by atoms with van der Waals surface area (Å²) in [4.78, 5) is 11.1. The van der Waals surface area contributed by atoms with Gasteiger partial charge in [-0.2, -0.15) is 4.98 Å². The number of aromatic nitrogens is 2. The van der Waals surface area contributed by atoms with Gasteiger partial charge < -0.3 is 13.9 Å². The molecule has 2 bridgehead atoms. The molecule has 3 aromatic heterocycles. The number of hydrogen-bond acceptors (Lipinski definition) is 7. The van der Waals surface area contributed by atoms with Crippen LogP contribution >= 0.6 is 11.3 Å². The minimum absolute atomic E-state index is 0.405. The molecule has 0 aliphatic carbocycles. The van der Waals surface area contributed by atoms with E-state index < -0.39 is 0 Å². The van der Waals surface area contributed by atoms with Gasteiger partial charge in [-0.25, -0.2) is 4.98 Å². The molecule has 2 unspecified atom stereocenters. The normalized spacial score (nSPS) is 22.2. The Hall–Kier alpha value is -2.48. The van der Waals surface area contributed by atoms with E-state index >= 15 is 0 Å². The van der Waals surface area contributed by atoms with Crippen molar-refractivity contribution in [1.82, 2.24) is 14.9 Å². The summed E-state index contributed by atoms with van der Waals surface area (Å²) in [6, 6.07) is 12.4. The Morgan fingerprint density at radius 2 is 2.26 bits per heavy atom. The van der Waals surface area contributed by atoms with Crippen LogP contribution in [0.25, 0.3) is 21.3 Å². The molecule has 0 spiro atoms. The van der Waals surface area contributed by atoms with E-state index in [1.165, 1.54) is 11.3 Å². The van der Waals surface area contributed by atoms with Gasteiger partial charge >= 0.3 is 0 Å². The van der Waals surface area contributed by atoms with Gasteiger partial charge in [0.05, 0.1) is 24.0 Å². The fourth-order valence-electron chi connectivity index (χ4n) is 3.98. The number of benzene rings is 1. The Balaban J connectivity index is 1.24. The standard InChI is InChI=1S/C20H17N3O3S/c1-2-18-19(21-5-1)22-20(27-18)26-14-3-4-17-12(6-14)7-16(25-17)10-23-9-15-8-13(23)11-24-15/h1-7,13,15H,8-11H2. The molecule has 27 heavy (non-hydrogen) atoms. The zero-order valence-electron chi connectivity index (χ0n) is 14.5. The first-order chi connectivity index (χ1) is 13.3. The van der Waals surface area contributed by atoms with Crippen LogP contribution in [0.3, 0.4) is 0 Å². The third-order valence-corrected chi connectivity index (χ3v) is 6.15. The predicted octanol–water partition coefficient (Wildman–Crippen LogP) is 4.20. The number of nitrogens with zero attached hydrogens (tertiary/aromatic N) is 3. The Bertz CT molecular complexity index is 1100. The Morgan fingerprint density at radius 1 is 1.26 bits per heavy atom. The van der Waals surface area contributed by atoms with E-state index in [2.05, 4.69) is 20.9 Å². The molecular formula is C20H17N3O3S. The Labute approximate surface area is 159 Å². The fraction of sp³-hybridized carbons (Fsp3) is 0.300. The summed E-state index contributed by atoms with van der Waals surface area (Å²) < 4.78 is 18.7. The fourth-order valence-corrected chi connectivity index (χ4v) is 4.78. The maximum absolute atomic E-state index is 6.03. The Morgan fingerprint density at radius 3 is 3.11 bits per heavy atom. The second kappa shape index (κ2) is 6.02. The number of thiazole rings is 1. The number of morpholine rings is 1. The smallest absolute Gasteiger partial charge is 0.281 e. The third-order valence-electron chi connectivity index (χ3n) is 5.26. The van der Waals surface area contributed by atoms with E-state index in [9.17, 15) is 0 Å². The lowest BCUT2D eigenvalue weighted by Gasteiger charge is -2.25. The molecule has 4 aromatic rings. The lowest BCUT2D eigenvalue weighted by atomic mass is 10.2. The van der Waals surface area contributed by atoms with Gasteiger partial charge in [0, 0.05) is 24.2 Å². The topological polar surface area (TPSA) is 60.6 Å². The number of pyridine rings is 1. The van der Waals surface area contributed by atoms with Crippen molar-refractivity contribution in [2.24, 2.45) is 0 Å². The first-order valence-electron chi connectivity index (χ1n) is 9.08. The number of hydrogen-bond donors (Lipinski definition) is 0. The van der Waals surface area contributed by atoms with E-state index in [1.54, 1.807) is 6.20 Å². The van der Waals surface area contributed by atoms with Crippen LogP contribution in [-0.2, 0) is 11.3 Å². The van der Waals surface area contributed by atoms with Gasteiger partial charge in [-0.1, -0.05) is 11.3 Å². The lowest BCUT2D eigenvalue weighted by molar-refractivity contribution is 0.0250. The van der Waals surface area contributed by atoms with Crippen LogP contribution in [0.5, 0.6) is 10.9 Å². The van der Waals surface area contributed by atoms with Crippen LogP contribution in [-0.4, -0.2) is 40.2 Å². The molecule has 0 amide bonds. The number of furan rings is 1. The van der Waals surface area contributed by atoms with Gasteiger partial charge in [0.15, 0.2) is 5.65 Å². The summed E-state index contributed by atoms with van der Waals surface area (Å²) in [6.07, 6.45) is 3.29. The molecule has 2 atom stereocenters. The lowest BCUT2D eigenvalue weighted by Crippen LogP contribution is -2.36. The van der Waals surface area contributed by atoms with Crippen molar-refractivity contribution in [3.05, 3.63) is 48.4 Å². The maximum atomic E-state index is 6.03. The molecule has 2 fully saturated rings. The summed E-state index contributed by atoms with van der Waals surface area (Å²) in [6.45, 7) is 2.68. The molecule has 2 saturated heterocycles. The zero-order valence-corrected chi connectivity index (χ0v) is 15.3. The summed E-state index contributed by atoms with van der Waals surface area (Å²) >= 11 is 1.49. The molecule has 2 aliphatic heterocycles. The SMILES string of the molecule is c1cnc2nc(Oc3ccc4oc(CN5CC6CC5CO6)cc4c3)sc2c1. The van der Waals surface area contributed by atoms with Crippen LogP contribution < -0.4 is 4.74 Å². The molecule has 1 aromatic carbocycles. The minimum Gasteiger partial charge on any atom is -0.460 e. The van der Waals surface area contributed by atoms with Crippen LogP contribution in [0.2, 0.25) is 0 Å². The van der Waals surface area contributed by atoms with Crippen molar-refractivity contribution in [1.29, 1.82) is 0 Å². The van der Waals surface area contributed by atoms with Gasteiger partial charge in [-0.3, -0.25) is 4.90 Å². The minimum atomic E-state index is 0.405. The van der Waals surface area contributed by atoms with Crippen molar-refractivity contribution in [2.75, 3.05) is 13.2 Å². The monoisotopic (exact) mass is 379 g/mol. The van der Waals surface area contributed by atoms with Crippen LogP contribution in [0.4, 0.5) is 0 Å². The van der Waals surface area contributed by atoms with Crippen LogP contribution in [0.1, 0.15) is 12.2 Å². The van der Waals surface area contributed by atoms with Gasteiger partial charge in [-0.15, -0.1) is 0 Å². The van der Waals surface area contributed by atoms with Gasteiger partial charge in [-0.05, 0) is 42.8 Å². The molecular weight excluding hydrogens is 362 g/mol. The van der Waals surface area contributed by atoms with Gasteiger partial charge in [0.2, 0.25) is 0 Å². The van der Waals surface area contributed by atoms with Gasteiger partial charge in [0.1, 0.15) is 17.1 Å². The summed E-state index contributed by atoms with van der Waals surface area (Å²) in [5.74, 6) is 1.74. The second-order valence-corrected chi connectivity index (χ2v) is 8.09. The molecule has 136 valence electrons. The number of ether oxygens (including phenoxy) is 2. The van der Waals surface area contributed by atoms with E-state index in [1.807, 2.05) is 30.3 Å². The molecule has 6 nitrogen and oxygen atoms in total. The van der Waals surface area contributed by atoms with E-state index in [0.717, 1.165) is 53.3 Å². The molecule has 6 rings (SSSR count). The Kier molecular flexibility index (Phi) is 3.47. The van der Waals surface area contributed by atoms with Crippen molar-refractivity contribution < 1.29 is 13.9 Å². The zero-order chi connectivity index (χ0) is 17.8. The van der Waals surface area contributed by atoms with Crippen molar-refractivity contribution in [3.8, 4) is 10.9 Å². The predicted molar refractivity (Wildman–Crippen MR) is 102 cm³/mol. The van der Waals surface area contributed by atoms with E-state index in [4.69, 9.17) is 13.9 Å². The van der Waals surface area contributed by atoms with Crippen molar-refractivity contribution >= 4 is 32.7 Å². The summed E-state index contributed by atoms with van der Waals surface area (Å²) in [5.41, 5.74) is 1.59. The van der Waals surface area contributed by atoms with Crippen LogP contribution in [0.15, 0.2) is 47.0 Å². The van der Waals surface area contributed by atoms with Crippen molar-refractivity contribution in [2.45, 2.75) is 25.1 Å². The third kappa shape index (κ3) is 2.79. The maximum Gasteiger partial charge on any atom is 0.281 e. The number of rotatable bonds is 4. The van der Waals surface area contributed by atoms with E-state index in [-0.39, 0.29) is 0 Å². The highest BCUT2D eigenvalue weighted by molar-refractivity contribution is 7.20. The molecule has 0 saturated carbocycles. The van der Waals surface area contributed by atoms with Crippen molar-refractivity contribution in [3.63, 3.8) is 0 Å². The highest BCUT2D eigenvalue weighted by Gasteiger charge is 2.39. The number of likely N-dealkylation sites (tertiary alicyclic amines) is 1. The molecule has 7 heteroatoms. The highest BCUT2D eigenvalue weighted by Crippen LogP contribution is 2.34. The molecule has 2 aliphatic rings. The first kappa shape index (κ1) is 15.6. The highest BCUT2D eigenvalue weighted by atomic mass is 32.1. The molecule has 0 N–H and O–H groups in total. The summed E-state index contributed by atoms with van der Waals surface area (Å²) in [5, 5.41) is 1.64. The largest absolute Gasteiger partial charge is 0.460 e.